The molecular weight excluding hydrogens is 222 g/mol. The second-order valence-electron chi connectivity index (χ2n) is 4.74. The Morgan fingerprint density at radius 2 is 2.00 bits per heavy atom. The van der Waals surface area contributed by atoms with Crippen molar-refractivity contribution < 1.29 is 0 Å². The molecule has 0 amide bonds. The zero-order valence-corrected chi connectivity index (χ0v) is 10.3. The van der Waals surface area contributed by atoms with Gasteiger partial charge in [0.25, 0.3) is 0 Å². The third-order valence-corrected chi connectivity index (χ3v) is 3.37. The van der Waals surface area contributed by atoms with E-state index >= 15 is 0 Å². The molecule has 1 aliphatic heterocycles. The first kappa shape index (κ1) is 11.4. The fourth-order valence-electron chi connectivity index (χ4n) is 2.38. The van der Waals surface area contributed by atoms with Gasteiger partial charge in [0.05, 0.1) is 23.6 Å². The van der Waals surface area contributed by atoms with Gasteiger partial charge in [-0.1, -0.05) is 30.3 Å². The highest BCUT2D eigenvalue weighted by Crippen LogP contribution is 2.20. The van der Waals surface area contributed by atoms with Gasteiger partial charge in [0, 0.05) is 12.6 Å². The van der Waals surface area contributed by atoms with Crippen molar-refractivity contribution in [3.63, 3.8) is 0 Å². The van der Waals surface area contributed by atoms with Crippen molar-refractivity contribution in [1.82, 2.24) is 15.3 Å². The minimum absolute atomic E-state index is 0.406. The molecule has 0 radical (unpaired) electrons. The van der Waals surface area contributed by atoms with Crippen molar-refractivity contribution in [2.45, 2.75) is 25.3 Å². The number of benzene rings is 1. The van der Waals surface area contributed by atoms with Crippen molar-refractivity contribution in [2.75, 3.05) is 6.54 Å². The maximum absolute atomic E-state index is 4.53. The van der Waals surface area contributed by atoms with Crippen LogP contribution >= 0.6 is 0 Å². The number of hydrogen-bond acceptors (Lipinski definition) is 3. The van der Waals surface area contributed by atoms with Gasteiger partial charge >= 0.3 is 0 Å². The zero-order chi connectivity index (χ0) is 12.2. The summed E-state index contributed by atoms with van der Waals surface area (Å²) < 4.78 is 0. The maximum atomic E-state index is 4.53. The lowest BCUT2D eigenvalue weighted by atomic mass is 10.1. The molecule has 1 aliphatic rings. The Morgan fingerprint density at radius 3 is 2.67 bits per heavy atom. The van der Waals surface area contributed by atoms with Gasteiger partial charge in [-0.2, -0.15) is 0 Å². The van der Waals surface area contributed by atoms with E-state index in [1.807, 2.05) is 18.5 Å². The number of nitrogens with zero attached hydrogens (tertiary/aromatic N) is 2. The molecule has 0 bridgehead atoms. The van der Waals surface area contributed by atoms with Crippen LogP contribution in [0, 0.1) is 0 Å². The van der Waals surface area contributed by atoms with Crippen molar-refractivity contribution in [1.29, 1.82) is 0 Å². The first-order valence-electron chi connectivity index (χ1n) is 6.50. The highest BCUT2D eigenvalue weighted by molar-refractivity contribution is 5.21. The van der Waals surface area contributed by atoms with E-state index in [2.05, 4.69) is 39.6 Å². The molecule has 92 valence electrons. The van der Waals surface area contributed by atoms with Gasteiger partial charge < -0.3 is 5.32 Å². The molecule has 1 saturated heterocycles. The predicted octanol–water partition coefficient (Wildman–Crippen LogP) is 2.49. The topological polar surface area (TPSA) is 37.8 Å². The predicted molar refractivity (Wildman–Crippen MR) is 71.3 cm³/mol. The monoisotopic (exact) mass is 239 g/mol. The van der Waals surface area contributed by atoms with Crippen LogP contribution in [0.25, 0.3) is 0 Å². The van der Waals surface area contributed by atoms with E-state index in [0.717, 1.165) is 24.4 Å². The molecule has 0 aliphatic carbocycles. The third-order valence-electron chi connectivity index (χ3n) is 3.37. The Kier molecular flexibility index (Phi) is 3.33. The average Bonchev–Trinajstić information content (AvgIpc) is 2.95. The highest BCUT2D eigenvalue weighted by Gasteiger charge is 2.17. The molecule has 3 rings (SSSR count). The van der Waals surface area contributed by atoms with Gasteiger partial charge in [-0.3, -0.25) is 9.97 Å². The quantitative estimate of drug-likeness (QED) is 0.894. The van der Waals surface area contributed by atoms with Gasteiger partial charge in [0.2, 0.25) is 0 Å². The largest absolute Gasteiger partial charge is 0.309 e. The lowest BCUT2D eigenvalue weighted by molar-refractivity contribution is 0.622. The number of aromatic nitrogens is 2. The van der Waals surface area contributed by atoms with Crippen LogP contribution in [0.5, 0.6) is 0 Å². The highest BCUT2D eigenvalue weighted by atomic mass is 15.0. The number of nitrogens with one attached hydrogen (secondary N) is 1. The first-order chi connectivity index (χ1) is 8.92. The molecule has 1 aromatic heterocycles. The van der Waals surface area contributed by atoms with E-state index in [0.29, 0.717) is 6.04 Å². The molecule has 1 atom stereocenters. The van der Waals surface area contributed by atoms with E-state index in [4.69, 9.17) is 0 Å². The Labute approximate surface area is 107 Å². The van der Waals surface area contributed by atoms with Crippen molar-refractivity contribution in [3.8, 4) is 0 Å². The lowest BCUT2D eigenvalue weighted by Crippen LogP contribution is -2.14. The Balaban J connectivity index is 1.71. The van der Waals surface area contributed by atoms with Gasteiger partial charge in [0.15, 0.2) is 0 Å². The fraction of sp³-hybridized carbons (Fsp3) is 0.333. The SMILES string of the molecule is c1ccc(Cc2cnc([C@H]3CCCN3)cn2)cc1. The number of rotatable bonds is 3. The smallest absolute Gasteiger partial charge is 0.0756 e. The van der Waals surface area contributed by atoms with Gasteiger partial charge in [-0.05, 0) is 24.9 Å². The summed E-state index contributed by atoms with van der Waals surface area (Å²) in [5.74, 6) is 0. The normalized spacial score (nSPS) is 19.0. The maximum Gasteiger partial charge on any atom is 0.0756 e. The second-order valence-corrected chi connectivity index (χ2v) is 4.74. The molecule has 1 fully saturated rings. The van der Waals surface area contributed by atoms with Crippen molar-refractivity contribution in [3.05, 3.63) is 59.7 Å². The second kappa shape index (κ2) is 5.27. The van der Waals surface area contributed by atoms with Crippen LogP contribution in [-0.4, -0.2) is 16.5 Å². The molecule has 1 aromatic carbocycles. The number of hydrogen-bond donors (Lipinski definition) is 1. The Bertz CT molecular complexity index is 487. The van der Waals surface area contributed by atoms with Gasteiger partial charge in [-0.25, -0.2) is 0 Å². The van der Waals surface area contributed by atoms with Crippen molar-refractivity contribution >= 4 is 0 Å². The van der Waals surface area contributed by atoms with Crippen molar-refractivity contribution in [2.24, 2.45) is 0 Å². The van der Waals surface area contributed by atoms with Gasteiger partial charge in [0.1, 0.15) is 0 Å². The minimum Gasteiger partial charge on any atom is -0.309 e. The summed E-state index contributed by atoms with van der Waals surface area (Å²) in [6.45, 7) is 1.10. The molecule has 1 N–H and O–H groups in total. The Morgan fingerprint density at radius 1 is 1.11 bits per heavy atom. The minimum atomic E-state index is 0.406. The summed E-state index contributed by atoms with van der Waals surface area (Å²) in [4.78, 5) is 9.05. The van der Waals surface area contributed by atoms with E-state index in [1.54, 1.807) is 0 Å². The molecule has 2 heterocycles. The van der Waals surface area contributed by atoms with Crippen LogP contribution in [0.2, 0.25) is 0 Å². The average molecular weight is 239 g/mol. The molecule has 3 nitrogen and oxygen atoms in total. The summed E-state index contributed by atoms with van der Waals surface area (Å²) in [7, 11) is 0. The molecule has 0 saturated carbocycles. The van der Waals surface area contributed by atoms with E-state index in [9.17, 15) is 0 Å². The summed E-state index contributed by atoms with van der Waals surface area (Å²) in [6.07, 6.45) is 7.08. The first-order valence-corrected chi connectivity index (χ1v) is 6.50. The van der Waals surface area contributed by atoms with Crippen LogP contribution in [0.15, 0.2) is 42.7 Å². The fourth-order valence-corrected chi connectivity index (χ4v) is 2.38. The summed E-state index contributed by atoms with van der Waals surface area (Å²) in [6, 6.07) is 10.8. The van der Waals surface area contributed by atoms with E-state index in [1.165, 1.54) is 18.4 Å². The Hall–Kier alpha value is -1.74. The summed E-state index contributed by atoms with van der Waals surface area (Å²) >= 11 is 0. The van der Waals surface area contributed by atoms with Crippen LogP contribution in [-0.2, 0) is 6.42 Å². The molecule has 2 aromatic rings. The van der Waals surface area contributed by atoms with Crippen LogP contribution in [0.1, 0.15) is 35.8 Å². The molecule has 0 spiro atoms. The lowest BCUT2D eigenvalue weighted by Gasteiger charge is -2.09. The zero-order valence-electron chi connectivity index (χ0n) is 10.3. The molecule has 18 heavy (non-hydrogen) atoms. The molecule has 3 heteroatoms. The van der Waals surface area contributed by atoms with Gasteiger partial charge in [-0.15, -0.1) is 0 Å². The van der Waals surface area contributed by atoms with E-state index < -0.39 is 0 Å². The van der Waals surface area contributed by atoms with Crippen LogP contribution < -0.4 is 5.32 Å². The van der Waals surface area contributed by atoms with Crippen LogP contribution in [0.4, 0.5) is 0 Å². The third kappa shape index (κ3) is 2.57. The molecule has 0 unspecified atom stereocenters. The van der Waals surface area contributed by atoms with Crippen LogP contribution in [0.3, 0.4) is 0 Å². The molecular formula is C15H17N3. The van der Waals surface area contributed by atoms with E-state index in [-0.39, 0.29) is 0 Å². The summed E-state index contributed by atoms with van der Waals surface area (Å²) in [5, 5.41) is 3.44. The standard InChI is InChI=1S/C15H17N3/c1-2-5-12(6-3-1)9-13-10-18-15(11-17-13)14-7-4-8-16-14/h1-3,5-6,10-11,14,16H,4,7-9H2/t14-/m1/s1. The summed E-state index contributed by atoms with van der Waals surface area (Å²) in [5.41, 5.74) is 3.38.